The van der Waals surface area contributed by atoms with E-state index in [1.165, 1.54) is 31.2 Å². The zero-order valence-electron chi connectivity index (χ0n) is 33.1. The van der Waals surface area contributed by atoms with Gasteiger partial charge in [-0.05, 0) is 114 Å². The molecule has 8 nitrogen and oxygen atoms in total. The fourth-order valence-electron chi connectivity index (χ4n) is 6.87. The van der Waals surface area contributed by atoms with Crippen molar-refractivity contribution in [3.63, 3.8) is 0 Å². The van der Waals surface area contributed by atoms with Crippen molar-refractivity contribution in [2.75, 3.05) is 4.90 Å². The van der Waals surface area contributed by atoms with E-state index in [1.807, 2.05) is 24.3 Å². The molecular formula is C44H60N2O6. The minimum absolute atomic E-state index is 0.124. The van der Waals surface area contributed by atoms with Crippen LogP contribution in [0.15, 0.2) is 66.4 Å². The summed E-state index contributed by atoms with van der Waals surface area (Å²) in [5.74, 6) is -1.66. The molecule has 0 bridgehead atoms. The number of esters is 2. The average molecular weight is 713 g/mol. The Hall–Kier alpha value is -4.46. The minimum atomic E-state index is -1.27. The molecule has 0 aliphatic carbocycles. The first kappa shape index (κ1) is 40.3. The van der Waals surface area contributed by atoms with E-state index < -0.39 is 17.7 Å². The Morgan fingerprint density at radius 1 is 0.769 bits per heavy atom. The Morgan fingerprint density at radius 2 is 1.31 bits per heavy atom. The van der Waals surface area contributed by atoms with Gasteiger partial charge in [0.15, 0.2) is 5.57 Å². The highest BCUT2D eigenvalue weighted by atomic mass is 16.7. The molecular weight excluding hydrogens is 652 g/mol. The van der Waals surface area contributed by atoms with Gasteiger partial charge in [-0.15, -0.1) is 0 Å². The molecule has 3 N–H and O–H groups in total. The lowest BCUT2D eigenvalue weighted by Crippen LogP contribution is -2.42. The van der Waals surface area contributed by atoms with Gasteiger partial charge in [0.2, 0.25) is 0 Å². The molecule has 0 spiro atoms. The van der Waals surface area contributed by atoms with Crippen LogP contribution in [-0.2, 0) is 49.3 Å². The van der Waals surface area contributed by atoms with E-state index in [-0.39, 0.29) is 33.9 Å². The molecule has 3 aromatic rings. The van der Waals surface area contributed by atoms with Crippen LogP contribution in [0, 0.1) is 5.92 Å². The Labute approximate surface area is 311 Å². The van der Waals surface area contributed by atoms with Crippen LogP contribution < -0.4 is 10.2 Å². The highest BCUT2D eigenvalue weighted by Crippen LogP contribution is 2.44. The van der Waals surface area contributed by atoms with Gasteiger partial charge in [-0.2, -0.15) is 0 Å². The van der Waals surface area contributed by atoms with Gasteiger partial charge in [-0.25, -0.2) is 9.59 Å². The molecule has 1 unspecified atom stereocenters. The SMILES string of the molecule is CC(C)Cc1ccc(CNC=C2C(=O)OC(C)(C)OC2=O)cc1CCCCC(C)N(c1ccc(O)cc1C(C)(C)C)c1ccc(O)cc1C(C)(C)C. The van der Waals surface area contributed by atoms with Gasteiger partial charge in [0.05, 0.1) is 0 Å². The highest BCUT2D eigenvalue weighted by Gasteiger charge is 2.39. The Kier molecular flexibility index (Phi) is 12.4. The molecule has 1 aliphatic heterocycles. The van der Waals surface area contributed by atoms with Crippen molar-refractivity contribution in [2.24, 2.45) is 5.92 Å². The second kappa shape index (κ2) is 16.1. The van der Waals surface area contributed by atoms with Crippen molar-refractivity contribution in [3.8, 4) is 11.5 Å². The Bertz CT molecular complexity index is 1690. The third kappa shape index (κ3) is 10.3. The van der Waals surface area contributed by atoms with Gasteiger partial charge in [0, 0.05) is 44.0 Å². The smallest absolute Gasteiger partial charge is 0.350 e. The number of phenols is 2. The fourth-order valence-corrected chi connectivity index (χ4v) is 6.87. The molecule has 1 aliphatic rings. The number of carbonyl (C=O) groups excluding carboxylic acids is 2. The summed E-state index contributed by atoms with van der Waals surface area (Å²) >= 11 is 0. The number of rotatable bonds is 13. The second-order valence-corrected chi connectivity index (χ2v) is 17.2. The third-order valence-electron chi connectivity index (χ3n) is 9.42. The van der Waals surface area contributed by atoms with E-state index in [0.717, 1.165) is 60.2 Å². The third-order valence-corrected chi connectivity index (χ3v) is 9.42. The molecule has 0 aromatic heterocycles. The van der Waals surface area contributed by atoms with E-state index in [1.54, 1.807) is 12.1 Å². The standard InChI is InChI=1S/C44H60N2O6/c1-28(2)22-32-17-16-30(26-45-27-35-40(49)51-44(10,11)52-41(35)50)23-31(32)15-13-12-14-29(3)46(38-20-18-33(47)24-36(38)42(4,5)6)39-21-19-34(48)25-37(39)43(7,8)9/h16-21,23-25,27-29,45,47-48H,12-15,22,26H2,1-11H3. The number of nitrogens with one attached hydrogen (secondary N) is 1. The average Bonchev–Trinajstić information content (AvgIpc) is 3.01. The van der Waals surface area contributed by atoms with Crippen molar-refractivity contribution in [3.05, 3.63) is 94.2 Å². The number of phenolic OH excluding ortho intramolecular Hbond substituents is 2. The maximum absolute atomic E-state index is 12.4. The van der Waals surface area contributed by atoms with Gasteiger partial charge >= 0.3 is 11.9 Å². The molecule has 8 heteroatoms. The van der Waals surface area contributed by atoms with E-state index in [9.17, 15) is 19.8 Å². The number of nitrogens with zero attached hydrogens (tertiary/aromatic N) is 1. The summed E-state index contributed by atoms with van der Waals surface area (Å²) in [6.45, 7) is 23.3. The molecule has 0 radical (unpaired) electrons. The molecule has 1 saturated heterocycles. The Morgan fingerprint density at radius 3 is 1.81 bits per heavy atom. The summed E-state index contributed by atoms with van der Waals surface area (Å²) in [7, 11) is 0. The zero-order valence-corrected chi connectivity index (χ0v) is 33.1. The van der Waals surface area contributed by atoms with Gasteiger partial charge in [0.25, 0.3) is 5.79 Å². The van der Waals surface area contributed by atoms with E-state index in [4.69, 9.17) is 9.47 Å². The summed E-state index contributed by atoms with van der Waals surface area (Å²) in [6, 6.07) is 18.0. The van der Waals surface area contributed by atoms with Crippen LogP contribution in [0.1, 0.15) is 123 Å². The van der Waals surface area contributed by atoms with Gasteiger partial charge < -0.3 is 29.9 Å². The molecule has 1 fully saturated rings. The van der Waals surface area contributed by atoms with Gasteiger partial charge in [0.1, 0.15) is 11.5 Å². The van der Waals surface area contributed by atoms with Crippen LogP contribution in [0.2, 0.25) is 0 Å². The van der Waals surface area contributed by atoms with E-state index >= 15 is 0 Å². The number of aromatic hydroxyl groups is 2. The normalized spacial score (nSPS) is 15.3. The van der Waals surface area contributed by atoms with Crippen LogP contribution in [0.3, 0.4) is 0 Å². The summed E-state index contributed by atoms with van der Waals surface area (Å²) in [4.78, 5) is 27.1. The quantitative estimate of drug-likeness (QED) is 0.0696. The van der Waals surface area contributed by atoms with Crippen molar-refractivity contribution >= 4 is 23.3 Å². The minimum Gasteiger partial charge on any atom is -0.508 e. The van der Waals surface area contributed by atoms with Crippen molar-refractivity contribution in [1.82, 2.24) is 5.32 Å². The van der Waals surface area contributed by atoms with Crippen molar-refractivity contribution in [2.45, 2.75) is 137 Å². The lowest BCUT2D eigenvalue weighted by atomic mass is 9.82. The molecule has 1 heterocycles. The summed E-state index contributed by atoms with van der Waals surface area (Å²) < 4.78 is 10.4. The monoisotopic (exact) mass is 712 g/mol. The van der Waals surface area contributed by atoms with Gasteiger partial charge in [-0.3, -0.25) is 0 Å². The maximum Gasteiger partial charge on any atom is 0.350 e. The van der Waals surface area contributed by atoms with Crippen molar-refractivity contribution < 1.29 is 29.3 Å². The fraction of sp³-hybridized carbons (Fsp3) is 0.500. The summed E-state index contributed by atoms with van der Waals surface area (Å²) in [6.07, 6.45) is 6.23. The van der Waals surface area contributed by atoms with Crippen LogP contribution in [0.4, 0.5) is 11.4 Å². The number of cyclic esters (lactones) is 2. The maximum atomic E-state index is 12.4. The van der Waals surface area contributed by atoms with E-state index in [2.05, 4.69) is 90.7 Å². The number of benzene rings is 3. The highest BCUT2D eigenvalue weighted by molar-refractivity contribution is 6.15. The number of hydrogen-bond acceptors (Lipinski definition) is 8. The second-order valence-electron chi connectivity index (χ2n) is 17.2. The summed E-state index contributed by atoms with van der Waals surface area (Å²) in [5, 5.41) is 24.2. The molecule has 282 valence electrons. The number of anilines is 2. The first-order valence-electron chi connectivity index (χ1n) is 18.6. The number of carbonyl (C=O) groups is 2. The predicted molar refractivity (Wildman–Crippen MR) is 209 cm³/mol. The van der Waals surface area contributed by atoms with Crippen molar-refractivity contribution in [1.29, 1.82) is 0 Å². The first-order chi connectivity index (χ1) is 24.2. The number of hydrogen-bond donors (Lipinski definition) is 3. The molecule has 1 atom stereocenters. The van der Waals surface area contributed by atoms with Crippen LogP contribution in [0.5, 0.6) is 11.5 Å². The lowest BCUT2D eigenvalue weighted by Gasteiger charge is -2.39. The number of ether oxygens (including phenoxy) is 2. The number of aryl methyl sites for hydroxylation is 1. The van der Waals surface area contributed by atoms with E-state index in [0.29, 0.717) is 12.5 Å². The molecule has 0 saturated carbocycles. The summed E-state index contributed by atoms with van der Waals surface area (Å²) in [5.41, 5.74) is 7.37. The van der Waals surface area contributed by atoms with Crippen LogP contribution in [0.25, 0.3) is 0 Å². The van der Waals surface area contributed by atoms with Crippen LogP contribution in [-0.4, -0.2) is 34.0 Å². The number of unbranched alkanes of at least 4 members (excludes halogenated alkanes) is 1. The Balaban J connectivity index is 1.55. The van der Waals surface area contributed by atoms with Crippen LogP contribution >= 0.6 is 0 Å². The first-order valence-corrected chi connectivity index (χ1v) is 18.6. The predicted octanol–water partition coefficient (Wildman–Crippen LogP) is 9.64. The largest absolute Gasteiger partial charge is 0.508 e. The lowest BCUT2D eigenvalue weighted by molar-refractivity contribution is -0.222. The molecule has 3 aromatic carbocycles. The zero-order chi connectivity index (χ0) is 38.6. The topological polar surface area (TPSA) is 108 Å². The molecule has 0 amide bonds. The molecule has 4 rings (SSSR count). The molecule has 52 heavy (non-hydrogen) atoms. The van der Waals surface area contributed by atoms with Gasteiger partial charge in [-0.1, -0.05) is 80.0 Å².